The number of anilines is 1. The highest BCUT2D eigenvalue weighted by molar-refractivity contribution is 5.99. The van der Waals surface area contributed by atoms with Crippen LogP contribution in [0.2, 0.25) is 0 Å². The molecule has 2 atom stereocenters. The van der Waals surface area contributed by atoms with Crippen LogP contribution in [0.25, 0.3) is 0 Å². The molecule has 0 aliphatic carbocycles. The van der Waals surface area contributed by atoms with Crippen LogP contribution in [0.3, 0.4) is 0 Å². The average molecular weight is 435 g/mol. The number of hydrogen-bond donors (Lipinski definition) is 6. The van der Waals surface area contributed by atoms with Gasteiger partial charge in [-0.2, -0.15) is 0 Å². The third-order valence-electron chi connectivity index (χ3n) is 4.31. The maximum absolute atomic E-state index is 12.6. The summed E-state index contributed by atoms with van der Waals surface area (Å²) in [6.45, 7) is 1.61. The van der Waals surface area contributed by atoms with Gasteiger partial charge in [0.2, 0.25) is 11.8 Å². The zero-order valence-electron chi connectivity index (χ0n) is 16.9. The molecule has 2 unspecified atom stereocenters. The average Bonchev–Trinajstić information content (AvgIpc) is 2.68. The monoisotopic (exact) mass is 435 g/mol. The van der Waals surface area contributed by atoms with Crippen molar-refractivity contribution in [2.75, 3.05) is 18.5 Å². The Balaban J connectivity index is 2.23. The molecule has 7 N–H and O–H groups in total. The lowest BCUT2D eigenvalue weighted by atomic mass is 10.1. The molecule has 1 aliphatic rings. The van der Waals surface area contributed by atoms with E-state index in [1.165, 1.54) is 18.2 Å². The van der Waals surface area contributed by atoms with Crippen molar-refractivity contribution in [3.8, 4) is 5.75 Å². The van der Waals surface area contributed by atoms with Gasteiger partial charge in [0.15, 0.2) is 0 Å². The summed E-state index contributed by atoms with van der Waals surface area (Å²) in [6.07, 6.45) is -0.506. The van der Waals surface area contributed by atoms with Gasteiger partial charge in [0, 0.05) is 25.1 Å². The van der Waals surface area contributed by atoms with Gasteiger partial charge in [-0.25, -0.2) is 4.79 Å². The highest BCUT2D eigenvalue weighted by atomic mass is 16.5. The summed E-state index contributed by atoms with van der Waals surface area (Å²) in [6, 6.07) is 2.01. The molecule has 0 bridgehead atoms. The van der Waals surface area contributed by atoms with E-state index in [0.717, 1.165) is 0 Å². The number of primary amides is 1. The number of rotatable bonds is 4. The molecule has 1 aliphatic heterocycles. The standard InChI is InChI=1S/C19H25N5O7/c1-10-9-31-14-4-2-11(23-19(20)30)8-12(14)17(28)21-7-6-15(25)24-13(18(29)22-10)3-5-16(26)27/h2,4,8,10,13H,3,5-7,9H2,1H3,(H,21,28)(H,22,29)(H,24,25)(H,26,27)(H3,20,23,30). The van der Waals surface area contributed by atoms with Gasteiger partial charge in [0.05, 0.1) is 11.6 Å². The van der Waals surface area contributed by atoms with Crippen LogP contribution in [0.15, 0.2) is 18.2 Å². The molecular formula is C19H25N5O7. The molecule has 1 aromatic carbocycles. The van der Waals surface area contributed by atoms with Crippen molar-refractivity contribution >= 4 is 35.4 Å². The summed E-state index contributed by atoms with van der Waals surface area (Å²) in [5.74, 6) is -2.47. The van der Waals surface area contributed by atoms with Crippen LogP contribution in [0.1, 0.15) is 36.5 Å². The van der Waals surface area contributed by atoms with Crippen molar-refractivity contribution in [1.29, 1.82) is 0 Å². The molecule has 0 saturated carbocycles. The Morgan fingerprint density at radius 2 is 2.00 bits per heavy atom. The summed E-state index contributed by atoms with van der Waals surface area (Å²) in [5.41, 5.74) is 5.50. The predicted octanol–water partition coefficient (Wildman–Crippen LogP) is -0.456. The van der Waals surface area contributed by atoms with E-state index in [1.807, 2.05) is 0 Å². The number of benzene rings is 1. The molecule has 1 heterocycles. The first-order valence-corrected chi connectivity index (χ1v) is 9.58. The first kappa shape index (κ1) is 23.4. The van der Waals surface area contributed by atoms with Crippen molar-refractivity contribution in [2.45, 2.75) is 38.3 Å². The van der Waals surface area contributed by atoms with Crippen LogP contribution in [0.5, 0.6) is 5.75 Å². The quantitative estimate of drug-likeness (QED) is 0.369. The maximum atomic E-state index is 12.6. The van der Waals surface area contributed by atoms with Gasteiger partial charge in [-0.3, -0.25) is 19.2 Å². The van der Waals surface area contributed by atoms with Crippen LogP contribution in [0.4, 0.5) is 10.5 Å². The van der Waals surface area contributed by atoms with Gasteiger partial charge >= 0.3 is 12.0 Å². The van der Waals surface area contributed by atoms with Crippen molar-refractivity contribution in [2.24, 2.45) is 5.73 Å². The maximum Gasteiger partial charge on any atom is 0.316 e. The van der Waals surface area contributed by atoms with Crippen LogP contribution < -0.4 is 31.7 Å². The Kier molecular flexibility index (Phi) is 8.17. The Hall–Kier alpha value is -3.83. The van der Waals surface area contributed by atoms with E-state index < -0.39 is 41.8 Å². The van der Waals surface area contributed by atoms with E-state index in [4.69, 9.17) is 15.6 Å². The van der Waals surface area contributed by atoms with Crippen LogP contribution in [-0.4, -0.2) is 60.1 Å². The third kappa shape index (κ3) is 7.49. The molecule has 31 heavy (non-hydrogen) atoms. The van der Waals surface area contributed by atoms with E-state index in [0.29, 0.717) is 0 Å². The number of carbonyl (C=O) groups is 5. The fourth-order valence-corrected chi connectivity index (χ4v) is 2.84. The third-order valence-corrected chi connectivity index (χ3v) is 4.31. The van der Waals surface area contributed by atoms with Gasteiger partial charge in [0.25, 0.3) is 5.91 Å². The Morgan fingerprint density at radius 1 is 1.26 bits per heavy atom. The number of ether oxygens (including phenoxy) is 1. The number of aliphatic carboxylic acids is 1. The summed E-state index contributed by atoms with van der Waals surface area (Å²) in [5, 5.41) is 19.0. The number of hydrogen-bond acceptors (Lipinski definition) is 6. The topological polar surface area (TPSA) is 189 Å². The summed E-state index contributed by atoms with van der Waals surface area (Å²) in [7, 11) is 0. The predicted molar refractivity (Wildman–Crippen MR) is 108 cm³/mol. The van der Waals surface area contributed by atoms with Crippen LogP contribution in [-0.2, 0) is 14.4 Å². The van der Waals surface area contributed by atoms with Gasteiger partial charge in [-0.1, -0.05) is 0 Å². The molecule has 0 aromatic heterocycles. The molecule has 5 amide bonds. The molecule has 2 rings (SSSR count). The highest BCUT2D eigenvalue weighted by Gasteiger charge is 2.24. The number of carbonyl (C=O) groups excluding carboxylic acids is 4. The van der Waals surface area contributed by atoms with E-state index in [2.05, 4.69) is 21.3 Å². The minimum Gasteiger partial charge on any atom is -0.491 e. The first-order valence-electron chi connectivity index (χ1n) is 9.58. The second-order valence-corrected chi connectivity index (χ2v) is 6.98. The second-order valence-electron chi connectivity index (χ2n) is 6.98. The van der Waals surface area contributed by atoms with Crippen LogP contribution >= 0.6 is 0 Å². The van der Waals surface area contributed by atoms with E-state index >= 15 is 0 Å². The van der Waals surface area contributed by atoms with Gasteiger partial charge in [-0.05, 0) is 31.5 Å². The molecule has 0 saturated heterocycles. The second kappa shape index (κ2) is 10.8. The number of carboxylic acids is 1. The first-order chi connectivity index (χ1) is 14.7. The summed E-state index contributed by atoms with van der Waals surface area (Å²) >= 11 is 0. The van der Waals surface area contributed by atoms with Gasteiger partial charge in [-0.15, -0.1) is 0 Å². The van der Waals surface area contributed by atoms with Crippen LogP contribution in [0, 0.1) is 0 Å². The largest absolute Gasteiger partial charge is 0.491 e. The Morgan fingerprint density at radius 3 is 2.68 bits per heavy atom. The number of nitrogens with two attached hydrogens (primary N) is 1. The Labute approximate surface area is 177 Å². The normalized spacial score (nSPS) is 20.1. The minimum absolute atomic E-state index is 0.00574. The van der Waals surface area contributed by atoms with E-state index in [9.17, 15) is 24.0 Å². The van der Waals surface area contributed by atoms with E-state index in [-0.39, 0.29) is 49.4 Å². The summed E-state index contributed by atoms with van der Waals surface area (Å²) in [4.78, 5) is 59.2. The van der Waals surface area contributed by atoms with E-state index in [1.54, 1.807) is 6.92 Å². The molecule has 12 nitrogen and oxygen atoms in total. The molecular weight excluding hydrogens is 410 g/mol. The molecule has 1 aromatic rings. The summed E-state index contributed by atoms with van der Waals surface area (Å²) < 4.78 is 5.68. The van der Waals surface area contributed by atoms with Crippen molar-refractivity contribution < 1.29 is 33.8 Å². The highest BCUT2D eigenvalue weighted by Crippen LogP contribution is 2.23. The fourth-order valence-electron chi connectivity index (χ4n) is 2.84. The van der Waals surface area contributed by atoms with Crippen molar-refractivity contribution in [3.63, 3.8) is 0 Å². The lowest BCUT2D eigenvalue weighted by molar-refractivity contribution is -0.138. The lowest BCUT2D eigenvalue weighted by Gasteiger charge is -2.22. The van der Waals surface area contributed by atoms with Crippen molar-refractivity contribution in [1.82, 2.24) is 16.0 Å². The fraction of sp³-hybridized carbons (Fsp3) is 0.421. The number of nitrogens with one attached hydrogen (secondary N) is 4. The van der Waals surface area contributed by atoms with Crippen molar-refractivity contribution in [3.05, 3.63) is 23.8 Å². The lowest BCUT2D eigenvalue weighted by Crippen LogP contribution is -2.50. The SMILES string of the molecule is CC1COc2ccc(NC(N)=O)cc2C(=O)NCCC(=O)NC(CCC(=O)O)C(=O)N1. The number of urea groups is 1. The smallest absolute Gasteiger partial charge is 0.316 e. The van der Waals surface area contributed by atoms with Gasteiger partial charge in [0.1, 0.15) is 18.4 Å². The molecule has 0 spiro atoms. The molecule has 0 radical (unpaired) electrons. The molecule has 168 valence electrons. The number of carboxylic acid groups (broad SMARTS) is 1. The van der Waals surface area contributed by atoms with Gasteiger partial charge < -0.3 is 36.8 Å². The zero-order chi connectivity index (χ0) is 23.0. The zero-order valence-corrected chi connectivity index (χ0v) is 16.9. The molecule has 12 heteroatoms. The number of fused-ring (bicyclic) bond motifs is 1. The number of amides is 5. The molecule has 0 fully saturated rings. The minimum atomic E-state index is -1.09. The Bertz CT molecular complexity index is 873.